The number of aromatic nitrogens is 4. The van der Waals surface area contributed by atoms with Crippen LogP contribution in [0.15, 0.2) is 31.0 Å². The maximum absolute atomic E-state index is 12.6. The predicted molar refractivity (Wildman–Crippen MR) is 97.9 cm³/mol. The molecule has 0 spiro atoms. The van der Waals surface area contributed by atoms with E-state index in [0.717, 1.165) is 5.56 Å². The molecule has 28 heavy (non-hydrogen) atoms. The van der Waals surface area contributed by atoms with Crippen LogP contribution in [-0.2, 0) is 26.0 Å². The first-order chi connectivity index (χ1) is 13.4. The fourth-order valence-corrected chi connectivity index (χ4v) is 5.43. The van der Waals surface area contributed by atoms with Gasteiger partial charge in [0.1, 0.15) is 12.7 Å². The molecule has 2 aromatic heterocycles. The standard InChI is InChI=1S/C17H20N6O4S/c24-15-6-13(8-22(15)14-3-5-28(26,27)9-14)17(25)20-7-12-2-1-4-19-16(12)23-11-18-10-21-23/h1-2,4,10-11,13-14H,3,5-9H2,(H,20,25)/t13-,14+/m1/s1. The Morgan fingerprint density at radius 3 is 2.93 bits per heavy atom. The van der Waals surface area contributed by atoms with E-state index in [1.807, 2.05) is 6.07 Å². The van der Waals surface area contributed by atoms with Gasteiger partial charge in [-0.1, -0.05) is 6.07 Å². The van der Waals surface area contributed by atoms with Crippen molar-refractivity contribution in [3.05, 3.63) is 36.5 Å². The van der Waals surface area contributed by atoms with Gasteiger partial charge in [-0.3, -0.25) is 9.59 Å². The molecule has 0 unspecified atom stereocenters. The number of pyridine rings is 1. The van der Waals surface area contributed by atoms with Crippen LogP contribution in [-0.4, -0.2) is 69.0 Å². The van der Waals surface area contributed by atoms with E-state index in [1.54, 1.807) is 17.2 Å². The number of sulfone groups is 1. The average molecular weight is 404 g/mol. The van der Waals surface area contributed by atoms with Crippen molar-refractivity contribution in [3.63, 3.8) is 0 Å². The summed E-state index contributed by atoms with van der Waals surface area (Å²) in [5.74, 6) is -0.214. The van der Waals surface area contributed by atoms with Gasteiger partial charge in [0.2, 0.25) is 11.8 Å². The Balaban J connectivity index is 1.39. The van der Waals surface area contributed by atoms with Crippen LogP contribution in [0.1, 0.15) is 18.4 Å². The highest BCUT2D eigenvalue weighted by Gasteiger charge is 2.41. The smallest absolute Gasteiger partial charge is 0.225 e. The van der Waals surface area contributed by atoms with Crippen molar-refractivity contribution in [1.82, 2.24) is 30.0 Å². The molecule has 4 rings (SSSR count). The fraction of sp³-hybridized carbons (Fsp3) is 0.471. The van der Waals surface area contributed by atoms with Gasteiger partial charge in [-0.2, -0.15) is 5.10 Å². The number of carbonyl (C=O) groups is 2. The lowest BCUT2D eigenvalue weighted by Crippen LogP contribution is -2.39. The molecule has 148 valence electrons. The Hall–Kier alpha value is -2.82. The van der Waals surface area contributed by atoms with Gasteiger partial charge in [0.15, 0.2) is 15.7 Å². The third-order valence-electron chi connectivity index (χ3n) is 5.13. The summed E-state index contributed by atoms with van der Waals surface area (Å²) >= 11 is 0. The Kier molecular flexibility index (Phi) is 4.84. The lowest BCUT2D eigenvalue weighted by atomic mass is 10.1. The van der Waals surface area contributed by atoms with Gasteiger partial charge in [0.25, 0.3) is 0 Å². The number of hydrogen-bond acceptors (Lipinski definition) is 7. The Morgan fingerprint density at radius 2 is 2.21 bits per heavy atom. The molecule has 2 aliphatic heterocycles. The quantitative estimate of drug-likeness (QED) is 0.699. The maximum Gasteiger partial charge on any atom is 0.225 e. The molecule has 0 radical (unpaired) electrons. The van der Waals surface area contributed by atoms with Gasteiger partial charge in [-0.25, -0.2) is 23.1 Å². The Labute approximate surface area is 161 Å². The van der Waals surface area contributed by atoms with Gasteiger partial charge in [-0.15, -0.1) is 0 Å². The molecule has 2 aliphatic rings. The number of nitrogens with zero attached hydrogens (tertiary/aromatic N) is 5. The second kappa shape index (κ2) is 7.30. The van der Waals surface area contributed by atoms with Gasteiger partial charge in [0.05, 0.1) is 17.4 Å². The van der Waals surface area contributed by atoms with Gasteiger partial charge >= 0.3 is 0 Å². The third-order valence-corrected chi connectivity index (χ3v) is 6.89. The summed E-state index contributed by atoms with van der Waals surface area (Å²) in [4.78, 5) is 34.6. The van der Waals surface area contributed by atoms with E-state index < -0.39 is 15.8 Å². The minimum absolute atomic E-state index is 0.00989. The number of carbonyl (C=O) groups excluding carboxylic acids is 2. The molecule has 4 heterocycles. The molecule has 2 saturated heterocycles. The minimum atomic E-state index is -3.08. The number of rotatable bonds is 5. The molecule has 2 fully saturated rings. The van der Waals surface area contributed by atoms with Crippen molar-refractivity contribution in [2.75, 3.05) is 18.1 Å². The van der Waals surface area contributed by atoms with Crippen molar-refractivity contribution in [2.45, 2.75) is 25.4 Å². The van der Waals surface area contributed by atoms with Crippen LogP contribution in [0.25, 0.3) is 5.82 Å². The molecular formula is C17H20N6O4S. The number of likely N-dealkylation sites (tertiary alicyclic amines) is 1. The summed E-state index contributed by atoms with van der Waals surface area (Å²) in [7, 11) is -3.08. The van der Waals surface area contributed by atoms with Gasteiger partial charge < -0.3 is 10.2 Å². The number of amides is 2. The van der Waals surface area contributed by atoms with Crippen molar-refractivity contribution < 1.29 is 18.0 Å². The van der Waals surface area contributed by atoms with Crippen LogP contribution in [0, 0.1) is 5.92 Å². The van der Waals surface area contributed by atoms with Crippen LogP contribution in [0.4, 0.5) is 0 Å². The average Bonchev–Trinajstić information content (AvgIpc) is 3.40. The monoisotopic (exact) mass is 404 g/mol. The van der Waals surface area contributed by atoms with Gasteiger partial charge in [-0.05, 0) is 12.5 Å². The highest BCUT2D eigenvalue weighted by atomic mass is 32.2. The van der Waals surface area contributed by atoms with E-state index in [0.29, 0.717) is 12.2 Å². The minimum Gasteiger partial charge on any atom is -0.352 e. The lowest BCUT2D eigenvalue weighted by Gasteiger charge is -2.23. The summed E-state index contributed by atoms with van der Waals surface area (Å²) in [5.41, 5.74) is 0.768. The summed E-state index contributed by atoms with van der Waals surface area (Å²) in [6.45, 7) is 0.498. The summed E-state index contributed by atoms with van der Waals surface area (Å²) in [5, 5.41) is 6.91. The van der Waals surface area contributed by atoms with E-state index in [2.05, 4.69) is 20.4 Å². The zero-order chi connectivity index (χ0) is 19.7. The van der Waals surface area contributed by atoms with E-state index in [-0.39, 0.29) is 48.9 Å². The largest absolute Gasteiger partial charge is 0.352 e. The molecule has 10 nitrogen and oxygen atoms in total. The summed E-state index contributed by atoms with van der Waals surface area (Å²) < 4.78 is 24.9. The first-order valence-electron chi connectivity index (χ1n) is 8.99. The first kappa shape index (κ1) is 18.5. The van der Waals surface area contributed by atoms with Crippen molar-refractivity contribution in [1.29, 1.82) is 0 Å². The zero-order valence-corrected chi connectivity index (χ0v) is 15.9. The summed E-state index contributed by atoms with van der Waals surface area (Å²) in [6.07, 6.45) is 5.10. The Bertz CT molecular complexity index is 991. The molecule has 11 heteroatoms. The fourth-order valence-electron chi connectivity index (χ4n) is 3.70. The van der Waals surface area contributed by atoms with E-state index in [4.69, 9.17) is 0 Å². The molecule has 0 saturated carbocycles. The molecular weight excluding hydrogens is 384 g/mol. The SMILES string of the molecule is O=C(NCc1cccnc1-n1cncn1)[C@@H]1CC(=O)N([C@H]2CCS(=O)(=O)C2)C1. The van der Waals surface area contributed by atoms with Crippen molar-refractivity contribution in [2.24, 2.45) is 5.92 Å². The van der Waals surface area contributed by atoms with E-state index in [9.17, 15) is 18.0 Å². The molecule has 2 atom stereocenters. The van der Waals surface area contributed by atoms with E-state index in [1.165, 1.54) is 17.3 Å². The van der Waals surface area contributed by atoms with Crippen LogP contribution < -0.4 is 5.32 Å². The highest BCUT2D eigenvalue weighted by molar-refractivity contribution is 7.91. The summed E-state index contributed by atoms with van der Waals surface area (Å²) in [6, 6.07) is 3.29. The number of nitrogens with one attached hydrogen (secondary N) is 1. The first-order valence-corrected chi connectivity index (χ1v) is 10.8. The molecule has 0 bridgehead atoms. The highest BCUT2D eigenvalue weighted by Crippen LogP contribution is 2.26. The van der Waals surface area contributed by atoms with Gasteiger partial charge in [0, 0.05) is 37.3 Å². The molecule has 0 aliphatic carbocycles. The van der Waals surface area contributed by atoms with Crippen LogP contribution in [0.5, 0.6) is 0 Å². The van der Waals surface area contributed by atoms with Crippen LogP contribution in [0.3, 0.4) is 0 Å². The Morgan fingerprint density at radius 1 is 1.36 bits per heavy atom. The second-order valence-corrected chi connectivity index (χ2v) is 9.28. The molecule has 0 aromatic carbocycles. The van der Waals surface area contributed by atoms with E-state index >= 15 is 0 Å². The van der Waals surface area contributed by atoms with Crippen molar-refractivity contribution in [3.8, 4) is 5.82 Å². The third kappa shape index (κ3) is 3.75. The topological polar surface area (TPSA) is 127 Å². The lowest BCUT2D eigenvalue weighted by molar-refractivity contribution is -0.130. The van der Waals surface area contributed by atoms with Crippen molar-refractivity contribution >= 4 is 21.7 Å². The zero-order valence-electron chi connectivity index (χ0n) is 15.1. The molecule has 2 aromatic rings. The normalized spacial score (nSPS) is 23.9. The molecule has 1 N–H and O–H groups in total. The maximum atomic E-state index is 12.6. The predicted octanol–water partition coefficient (Wildman–Crippen LogP) is -0.686. The van der Waals surface area contributed by atoms with Crippen LogP contribution >= 0.6 is 0 Å². The number of hydrogen-bond donors (Lipinski definition) is 1. The second-order valence-electron chi connectivity index (χ2n) is 7.05. The van der Waals surface area contributed by atoms with Crippen LogP contribution in [0.2, 0.25) is 0 Å². The molecule has 2 amide bonds.